The number of alkyl halides is 3. The van der Waals surface area contributed by atoms with Crippen molar-refractivity contribution in [1.82, 2.24) is 24.5 Å². The number of hydrogen-bond acceptors (Lipinski definition) is 5. The van der Waals surface area contributed by atoms with Crippen molar-refractivity contribution < 1.29 is 22.3 Å². The molecule has 0 saturated heterocycles. The third-order valence-electron chi connectivity index (χ3n) is 6.06. The van der Waals surface area contributed by atoms with Crippen molar-refractivity contribution in [3.05, 3.63) is 64.9 Å². The fraction of sp³-hybridized carbons (Fsp3) is 0.292. The molecule has 0 aliphatic carbocycles. The largest absolute Gasteiger partial charge is 0.482 e. The summed E-state index contributed by atoms with van der Waals surface area (Å²) < 4.78 is 65.6. The van der Waals surface area contributed by atoms with Gasteiger partial charge in [0.15, 0.2) is 17.3 Å². The van der Waals surface area contributed by atoms with E-state index in [2.05, 4.69) is 15.2 Å². The molecular weight excluding hydrogens is 464 g/mol. The minimum absolute atomic E-state index is 0.0107. The van der Waals surface area contributed by atoms with Crippen LogP contribution in [0.3, 0.4) is 0 Å². The average molecular weight is 486 g/mol. The summed E-state index contributed by atoms with van der Waals surface area (Å²) in [5.74, 6) is -0.237. The summed E-state index contributed by atoms with van der Waals surface area (Å²) >= 11 is 0. The molecule has 2 N–H and O–H groups in total. The molecule has 2 bridgehead atoms. The van der Waals surface area contributed by atoms with Crippen LogP contribution in [0.15, 0.2) is 36.7 Å². The molecule has 0 unspecified atom stereocenters. The molecule has 0 amide bonds. The highest BCUT2D eigenvalue weighted by Gasteiger charge is 2.40. The number of nitrogens with zero attached hydrogens (tertiary/aromatic N) is 5. The molecule has 4 heterocycles. The molecule has 35 heavy (non-hydrogen) atoms. The number of nitrogens with two attached hydrogens (primary N) is 1. The Balaban J connectivity index is 1.87. The van der Waals surface area contributed by atoms with Crippen LogP contribution in [0.1, 0.15) is 42.3 Å². The third-order valence-corrected chi connectivity index (χ3v) is 6.06. The zero-order valence-electron chi connectivity index (χ0n) is 19.2. The van der Waals surface area contributed by atoms with Gasteiger partial charge in [0.1, 0.15) is 11.9 Å². The van der Waals surface area contributed by atoms with Gasteiger partial charge in [-0.2, -0.15) is 23.4 Å². The fourth-order valence-electron chi connectivity index (χ4n) is 4.55. The first kappa shape index (κ1) is 22.9. The van der Waals surface area contributed by atoms with Gasteiger partial charge < -0.3 is 10.5 Å². The average Bonchev–Trinajstić information content (AvgIpc) is 3.34. The molecular formula is C24H22F4N6O. The molecule has 5 rings (SSSR count). The summed E-state index contributed by atoms with van der Waals surface area (Å²) in [7, 11) is 1.68. The van der Waals surface area contributed by atoms with Gasteiger partial charge in [0, 0.05) is 60.2 Å². The summed E-state index contributed by atoms with van der Waals surface area (Å²) in [6, 6.07) is 5.73. The van der Waals surface area contributed by atoms with Gasteiger partial charge in [0.2, 0.25) is 0 Å². The number of nitrogen functional groups attached to an aromatic ring is 1. The maximum Gasteiger partial charge on any atom is 0.435 e. The predicted octanol–water partition coefficient (Wildman–Crippen LogP) is 5.15. The first-order chi connectivity index (χ1) is 16.6. The van der Waals surface area contributed by atoms with Gasteiger partial charge in [-0.05, 0) is 38.1 Å². The Hall–Kier alpha value is -3.89. The van der Waals surface area contributed by atoms with Crippen molar-refractivity contribution in [3.63, 3.8) is 0 Å². The molecule has 3 aromatic heterocycles. The van der Waals surface area contributed by atoms with Crippen LogP contribution in [-0.4, -0.2) is 24.5 Å². The number of ether oxygens (including phenoxy) is 1. The second-order valence-corrected chi connectivity index (χ2v) is 8.44. The van der Waals surface area contributed by atoms with Crippen LogP contribution in [0.5, 0.6) is 5.75 Å². The minimum Gasteiger partial charge on any atom is -0.482 e. The Kier molecular flexibility index (Phi) is 5.30. The molecule has 7 nitrogen and oxygen atoms in total. The molecule has 0 radical (unpaired) electrons. The van der Waals surface area contributed by atoms with Gasteiger partial charge in [0.05, 0.1) is 11.4 Å². The molecule has 1 atom stereocenters. The van der Waals surface area contributed by atoms with E-state index in [1.165, 1.54) is 27.7 Å². The third kappa shape index (κ3) is 3.90. The van der Waals surface area contributed by atoms with Gasteiger partial charge >= 0.3 is 6.18 Å². The first-order valence-electron chi connectivity index (χ1n) is 11.0. The smallest absolute Gasteiger partial charge is 0.435 e. The summed E-state index contributed by atoms with van der Waals surface area (Å²) in [5.41, 5.74) is 7.73. The lowest BCUT2D eigenvalue weighted by molar-refractivity contribution is -0.142. The van der Waals surface area contributed by atoms with Crippen LogP contribution in [0.4, 0.5) is 23.4 Å². The standard InChI is InChI=1S/C24H22F4N6O/c1-4-34-21-13-8-19(23(29)30-10-13)35-12(2)17-9-15(25)5-6-16(17)20-14(11-33(3)31-20)7-18(21)22(32-34)24(26,27)28/h5-6,8-12H,4,7H2,1-3H3,(H2,29,30)/t12-/m1/s1. The number of aromatic nitrogens is 5. The number of pyridine rings is 1. The van der Waals surface area contributed by atoms with E-state index in [1.807, 2.05) is 0 Å². The topological polar surface area (TPSA) is 83.8 Å². The van der Waals surface area contributed by atoms with Crippen molar-refractivity contribution in [3.8, 4) is 28.3 Å². The molecule has 1 aromatic carbocycles. The number of hydrogen-bond donors (Lipinski definition) is 1. The Labute approximate surface area is 198 Å². The number of halogens is 4. The van der Waals surface area contributed by atoms with Gasteiger partial charge in [-0.1, -0.05) is 0 Å². The summed E-state index contributed by atoms with van der Waals surface area (Å²) in [6.07, 6.45) is -2.36. The zero-order chi connectivity index (χ0) is 25.1. The lowest BCUT2D eigenvalue weighted by Gasteiger charge is -2.21. The quantitative estimate of drug-likeness (QED) is 0.376. The summed E-state index contributed by atoms with van der Waals surface area (Å²) in [6.45, 7) is 3.66. The Morgan fingerprint density at radius 1 is 1.20 bits per heavy atom. The van der Waals surface area contributed by atoms with Crippen molar-refractivity contribution in [2.24, 2.45) is 7.05 Å². The van der Waals surface area contributed by atoms with Crippen LogP contribution in [0.2, 0.25) is 0 Å². The van der Waals surface area contributed by atoms with Crippen LogP contribution >= 0.6 is 0 Å². The van der Waals surface area contributed by atoms with E-state index in [-0.39, 0.29) is 35.8 Å². The minimum atomic E-state index is -4.68. The molecule has 0 saturated carbocycles. The van der Waals surface area contributed by atoms with E-state index < -0.39 is 23.8 Å². The number of anilines is 1. The Morgan fingerprint density at radius 2 is 1.97 bits per heavy atom. The van der Waals surface area contributed by atoms with Gasteiger partial charge in [-0.3, -0.25) is 9.36 Å². The lowest BCUT2D eigenvalue weighted by Crippen LogP contribution is -2.11. The predicted molar refractivity (Wildman–Crippen MR) is 121 cm³/mol. The highest BCUT2D eigenvalue weighted by Crippen LogP contribution is 2.42. The fourth-order valence-corrected chi connectivity index (χ4v) is 4.55. The summed E-state index contributed by atoms with van der Waals surface area (Å²) in [5, 5.41) is 8.43. The Bertz CT molecular complexity index is 1440. The zero-order valence-corrected chi connectivity index (χ0v) is 19.2. The SMILES string of the molecule is CCn1nc(C(F)(F)F)c2c1-c1cnc(N)c(c1)O[C@H](C)c1cc(F)ccc1-c1nn(C)cc1C2. The molecule has 4 aromatic rings. The van der Waals surface area contributed by atoms with E-state index >= 15 is 0 Å². The molecule has 1 aliphatic rings. The van der Waals surface area contributed by atoms with E-state index in [0.717, 1.165) is 0 Å². The summed E-state index contributed by atoms with van der Waals surface area (Å²) in [4.78, 5) is 4.17. The molecule has 182 valence electrons. The lowest BCUT2D eigenvalue weighted by atomic mass is 9.93. The van der Waals surface area contributed by atoms with Crippen LogP contribution < -0.4 is 10.5 Å². The Morgan fingerprint density at radius 3 is 2.69 bits per heavy atom. The highest BCUT2D eigenvalue weighted by atomic mass is 19.4. The number of fused-ring (bicyclic) bond motifs is 7. The molecule has 0 fully saturated rings. The highest BCUT2D eigenvalue weighted by molar-refractivity contribution is 5.72. The van der Waals surface area contributed by atoms with Crippen molar-refractivity contribution in [2.75, 3.05) is 5.73 Å². The molecule has 0 spiro atoms. The van der Waals surface area contributed by atoms with Crippen LogP contribution in [0.25, 0.3) is 22.5 Å². The van der Waals surface area contributed by atoms with E-state index in [9.17, 15) is 17.6 Å². The van der Waals surface area contributed by atoms with E-state index in [4.69, 9.17) is 10.5 Å². The van der Waals surface area contributed by atoms with Crippen molar-refractivity contribution >= 4 is 5.82 Å². The maximum atomic E-state index is 14.3. The maximum absolute atomic E-state index is 14.3. The number of benzene rings is 1. The number of aryl methyl sites for hydroxylation is 2. The number of rotatable bonds is 1. The van der Waals surface area contributed by atoms with Gasteiger partial charge in [-0.25, -0.2) is 9.37 Å². The molecule has 11 heteroatoms. The van der Waals surface area contributed by atoms with Gasteiger partial charge in [-0.15, -0.1) is 0 Å². The van der Waals surface area contributed by atoms with Crippen molar-refractivity contribution in [2.45, 2.75) is 39.1 Å². The van der Waals surface area contributed by atoms with Crippen LogP contribution in [-0.2, 0) is 26.2 Å². The van der Waals surface area contributed by atoms with Crippen molar-refractivity contribution in [1.29, 1.82) is 0 Å². The van der Waals surface area contributed by atoms with Gasteiger partial charge in [0.25, 0.3) is 0 Å². The normalized spacial score (nSPS) is 15.3. The second kappa shape index (κ2) is 8.10. The van der Waals surface area contributed by atoms with E-state index in [0.29, 0.717) is 27.9 Å². The van der Waals surface area contributed by atoms with E-state index in [1.54, 1.807) is 39.2 Å². The first-order valence-corrected chi connectivity index (χ1v) is 11.0. The van der Waals surface area contributed by atoms with Crippen LogP contribution in [0, 0.1) is 5.82 Å². The monoisotopic (exact) mass is 486 g/mol. The molecule has 1 aliphatic heterocycles. The second-order valence-electron chi connectivity index (χ2n) is 8.44.